The van der Waals surface area contributed by atoms with Crippen LogP contribution in [-0.4, -0.2) is 29.7 Å². The van der Waals surface area contributed by atoms with Crippen molar-refractivity contribution in [3.05, 3.63) is 34.9 Å². The molecule has 1 amide bonds. The van der Waals surface area contributed by atoms with Crippen molar-refractivity contribution in [2.45, 2.75) is 6.42 Å². The van der Waals surface area contributed by atoms with E-state index in [0.29, 0.717) is 24.5 Å². The third kappa shape index (κ3) is 2.23. The molecule has 5 heteroatoms. The van der Waals surface area contributed by atoms with Crippen LogP contribution in [0.1, 0.15) is 12.0 Å². The van der Waals surface area contributed by atoms with E-state index in [4.69, 9.17) is 17.3 Å². The molecule has 1 aliphatic rings. The molecular formula is C11H12ClN3O. The summed E-state index contributed by atoms with van der Waals surface area (Å²) in [4.78, 5) is 11.6. The minimum Gasteiger partial charge on any atom is -0.329 e. The lowest BCUT2D eigenvalue weighted by Gasteiger charge is -2.08. The van der Waals surface area contributed by atoms with Gasteiger partial charge in [-0.3, -0.25) is 4.79 Å². The molecule has 1 aromatic carbocycles. The number of hydrogen-bond donors (Lipinski definition) is 1. The lowest BCUT2D eigenvalue weighted by Crippen LogP contribution is -2.26. The van der Waals surface area contributed by atoms with Crippen LogP contribution in [0, 0.1) is 0 Å². The summed E-state index contributed by atoms with van der Waals surface area (Å²) >= 11 is 5.88. The summed E-state index contributed by atoms with van der Waals surface area (Å²) in [5.74, 6) is -0.0135. The lowest BCUT2D eigenvalue weighted by molar-refractivity contribution is -0.128. The Morgan fingerprint density at radius 3 is 3.00 bits per heavy atom. The Hall–Kier alpha value is -1.39. The second-order valence-electron chi connectivity index (χ2n) is 3.54. The highest BCUT2D eigenvalue weighted by molar-refractivity contribution is 6.31. The molecule has 0 fully saturated rings. The molecule has 1 aromatic rings. The van der Waals surface area contributed by atoms with Gasteiger partial charge < -0.3 is 5.73 Å². The third-order valence-electron chi connectivity index (χ3n) is 2.35. The van der Waals surface area contributed by atoms with E-state index in [9.17, 15) is 4.79 Å². The Bertz CT molecular complexity index is 445. The summed E-state index contributed by atoms with van der Waals surface area (Å²) in [6.07, 6.45) is 0.320. The van der Waals surface area contributed by atoms with E-state index in [1.807, 2.05) is 12.1 Å². The number of nitrogens with two attached hydrogens (primary N) is 1. The number of halogens is 1. The Labute approximate surface area is 98.7 Å². The maximum absolute atomic E-state index is 11.6. The molecule has 0 saturated heterocycles. The summed E-state index contributed by atoms with van der Waals surface area (Å²) in [5, 5.41) is 6.29. The molecule has 0 saturated carbocycles. The van der Waals surface area contributed by atoms with Crippen molar-refractivity contribution in [1.82, 2.24) is 5.01 Å². The van der Waals surface area contributed by atoms with Crippen LogP contribution in [0.15, 0.2) is 29.4 Å². The quantitative estimate of drug-likeness (QED) is 0.860. The van der Waals surface area contributed by atoms with Crippen molar-refractivity contribution < 1.29 is 4.79 Å². The Kier molecular flexibility index (Phi) is 3.22. The Morgan fingerprint density at radius 1 is 1.50 bits per heavy atom. The first-order valence-electron chi connectivity index (χ1n) is 5.04. The molecule has 0 aliphatic carbocycles. The van der Waals surface area contributed by atoms with Crippen LogP contribution in [0.4, 0.5) is 0 Å². The molecule has 4 nitrogen and oxygen atoms in total. The average molecular weight is 238 g/mol. The predicted molar refractivity (Wildman–Crippen MR) is 63.4 cm³/mol. The number of hydrazone groups is 1. The van der Waals surface area contributed by atoms with Gasteiger partial charge in [-0.05, 0) is 17.7 Å². The number of hydrogen-bond acceptors (Lipinski definition) is 3. The Balaban J connectivity index is 2.23. The van der Waals surface area contributed by atoms with Gasteiger partial charge in [0.1, 0.15) is 0 Å². The number of carbonyl (C=O) groups excluding carboxylic acids is 1. The number of nitrogens with zero attached hydrogens (tertiary/aromatic N) is 2. The van der Waals surface area contributed by atoms with E-state index in [-0.39, 0.29) is 5.91 Å². The van der Waals surface area contributed by atoms with E-state index < -0.39 is 0 Å². The molecule has 0 radical (unpaired) electrons. The van der Waals surface area contributed by atoms with Crippen LogP contribution in [0.2, 0.25) is 5.02 Å². The fourth-order valence-corrected chi connectivity index (χ4v) is 1.79. The fraction of sp³-hybridized carbons (Fsp3) is 0.273. The van der Waals surface area contributed by atoms with Crippen LogP contribution in [0.5, 0.6) is 0 Å². The highest BCUT2D eigenvalue weighted by Crippen LogP contribution is 2.17. The zero-order valence-electron chi connectivity index (χ0n) is 8.69. The molecule has 0 aromatic heterocycles. The SMILES string of the molecule is NCCN1N=C(c2cccc(Cl)c2)CC1=O. The summed E-state index contributed by atoms with van der Waals surface area (Å²) in [6, 6.07) is 7.33. The topological polar surface area (TPSA) is 58.7 Å². The zero-order valence-corrected chi connectivity index (χ0v) is 9.44. The fourth-order valence-electron chi connectivity index (χ4n) is 1.60. The van der Waals surface area contributed by atoms with Crippen LogP contribution in [0.25, 0.3) is 0 Å². The highest BCUT2D eigenvalue weighted by atomic mass is 35.5. The van der Waals surface area contributed by atoms with Gasteiger partial charge in [-0.2, -0.15) is 5.10 Å². The van der Waals surface area contributed by atoms with Gasteiger partial charge in [0.05, 0.1) is 18.7 Å². The lowest BCUT2D eigenvalue weighted by atomic mass is 10.1. The first-order valence-corrected chi connectivity index (χ1v) is 5.42. The number of carbonyl (C=O) groups is 1. The molecular weight excluding hydrogens is 226 g/mol. The second-order valence-corrected chi connectivity index (χ2v) is 3.98. The molecule has 2 N–H and O–H groups in total. The van der Waals surface area contributed by atoms with Gasteiger partial charge >= 0.3 is 0 Å². The van der Waals surface area contributed by atoms with Crippen LogP contribution < -0.4 is 5.73 Å². The molecule has 0 atom stereocenters. The highest BCUT2D eigenvalue weighted by Gasteiger charge is 2.23. The number of benzene rings is 1. The zero-order chi connectivity index (χ0) is 11.5. The molecule has 1 heterocycles. The predicted octanol–water partition coefficient (Wildman–Crippen LogP) is 1.24. The van der Waals surface area contributed by atoms with Gasteiger partial charge in [-0.25, -0.2) is 5.01 Å². The average Bonchev–Trinajstić information content (AvgIpc) is 2.61. The number of rotatable bonds is 3. The molecule has 16 heavy (non-hydrogen) atoms. The maximum Gasteiger partial charge on any atom is 0.248 e. The molecule has 2 rings (SSSR count). The van der Waals surface area contributed by atoms with Crippen LogP contribution in [0.3, 0.4) is 0 Å². The van der Waals surface area contributed by atoms with Crippen molar-refractivity contribution in [3.63, 3.8) is 0 Å². The molecule has 84 valence electrons. The van der Waals surface area contributed by atoms with E-state index in [0.717, 1.165) is 11.3 Å². The largest absolute Gasteiger partial charge is 0.329 e. The standard InChI is InChI=1S/C11H12ClN3O/c12-9-3-1-2-8(6-9)10-7-11(16)15(14-10)5-4-13/h1-3,6H,4-5,7,13H2. The summed E-state index contributed by atoms with van der Waals surface area (Å²) in [5.41, 5.74) is 7.03. The summed E-state index contributed by atoms with van der Waals surface area (Å²) in [7, 11) is 0. The smallest absolute Gasteiger partial charge is 0.248 e. The van der Waals surface area contributed by atoms with Gasteiger partial charge in [0.15, 0.2) is 0 Å². The minimum atomic E-state index is -0.0135. The summed E-state index contributed by atoms with van der Waals surface area (Å²) in [6.45, 7) is 0.876. The van der Waals surface area contributed by atoms with E-state index in [2.05, 4.69) is 5.10 Å². The van der Waals surface area contributed by atoms with Gasteiger partial charge in [0, 0.05) is 11.6 Å². The Morgan fingerprint density at radius 2 is 2.31 bits per heavy atom. The monoisotopic (exact) mass is 237 g/mol. The first kappa shape index (κ1) is 11.1. The molecule has 0 bridgehead atoms. The maximum atomic E-state index is 11.6. The normalized spacial score (nSPS) is 15.5. The molecule has 0 unspecified atom stereocenters. The summed E-state index contributed by atoms with van der Waals surface area (Å²) < 4.78 is 0. The van der Waals surface area contributed by atoms with Crippen LogP contribution >= 0.6 is 11.6 Å². The van der Waals surface area contributed by atoms with E-state index >= 15 is 0 Å². The minimum absolute atomic E-state index is 0.0135. The van der Waals surface area contributed by atoms with Crippen molar-refractivity contribution in [2.75, 3.05) is 13.1 Å². The third-order valence-corrected chi connectivity index (χ3v) is 2.58. The van der Waals surface area contributed by atoms with Crippen molar-refractivity contribution in [1.29, 1.82) is 0 Å². The van der Waals surface area contributed by atoms with Crippen LogP contribution in [-0.2, 0) is 4.79 Å². The van der Waals surface area contributed by atoms with Gasteiger partial charge in [-0.1, -0.05) is 23.7 Å². The second kappa shape index (κ2) is 4.63. The van der Waals surface area contributed by atoms with Gasteiger partial charge in [-0.15, -0.1) is 0 Å². The van der Waals surface area contributed by atoms with E-state index in [1.54, 1.807) is 12.1 Å². The van der Waals surface area contributed by atoms with Crippen molar-refractivity contribution in [2.24, 2.45) is 10.8 Å². The van der Waals surface area contributed by atoms with Gasteiger partial charge in [0.2, 0.25) is 5.91 Å². The number of amides is 1. The van der Waals surface area contributed by atoms with Crippen molar-refractivity contribution >= 4 is 23.2 Å². The molecule has 1 aliphatic heterocycles. The molecule has 0 spiro atoms. The first-order chi connectivity index (χ1) is 7.70. The van der Waals surface area contributed by atoms with E-state index in [1.165, 1.54) is 5.01 Å². The van der Waals surface area contributed by atoms with Crippen molar-refractivity contribution in [3.8, 4) is 0 Å². The van der Waals surface area contributed by atoms with Gasteiger partial charge in [0.25, 0.3) is 0 Å².